The van der Waals surface area contributed by atoms with Gasteiger partial charge in [0.15, 0.2) is 0 Å². The maximum atomic E-state index is 3.56. The second kappa shape index (κ2) is 2.67. The number of thioether (sulfide) groups is 1. The maximum Gasteiger partial charge on any atom is 0.0167 e. The fraction of sp³-hybridized carbons (Fsp3) is 1.00. The van der Waals surface area contributed by atoms with Gasteiger partial charge in [-0.15, -0.1) is 0 Å². The summed E-state index contributed by atoms with van der Waals surface area (Å²) < 4.78 is 0. The zero-order chi connectivity index (χ0) is 7.90. The second-order valence-corrected chi connectivity index (χ2v) is 5.62. The molecular formula is C9H17NS. The van der Waals surface area contributed by atoms with Gasteiger partial charge in [-0.05, 0) is 29.3 Å². The third kappa shape index (κ3) is 1.31. The third-order valence-corrected chi connectivity index (χ3v) is 4.24. The highest BCUT2D eigenvalue weighted by Crippen LogP contribution is 2.39. The molecule has 2 heterocycles. The van der Waals surface area contributed by atoms with Crippen LogP contribution in [0.5, 0.6) is 0 Å². The van der Waals surface area contributed by atoms with Gasteiger partial charge in [-0.3, -0.25) is 0 Å². The Labute approximate surface area is 73.3 Å². The Balaban J connectivity index is 1.94. The van der Waals surface area contributed by atoms with Gasteiger partial charge in [0.2, 0.25) is 0 Å². The summed E-state index contributed by atoms with van der Waals surface area (Å²) in [6.45, 7) is 5.99. The molecule has 0 aromatic heterocycles. The number of rotatable bonds is 1. The first-order valence-corrected chi connectivity index (χ1v) is 5.67. The van der Waals surface area contributed by atoms with Crippen LogP contribution in [0.15, 0.2) is 0 Å². The van der Waals surface area contributed by atoms with E-state index in [1.807, 2.05) is 0 Å². The summed E-state index contributed by atoms with van der Waals surface area (Å²) in [4.78, 5) is 0. The Bertz CT molecular complexity index is 150. The Morgan fingerprint density at radius 3 is 2.64 bits per heavy atom. The van der Waals surface area contributed by atoms with Crippen LogP contribution in [0.4, 0.5) is 0 Å². The minimum absolute atomic E-state index is 0.579. The van der Waals surface area contributed by atoms with Gasteiger partial charge in [-0.25, -0.2) is 0 Å². The lowest BCUT2D eigenvalue weighted by atomic mass is 9.71. The normalized spacial score (nSPS) is 42.0. The van der Waals surface area contributed by atoms with Crippen LogP contribution in [0.25, 0.3) is 0 Å². The molecule has 0 aromatic carbocycles. The first kappa shape index (κ1) is 7.93. The standard InChI is InChI=1S/C9H17NS/c1-9(2)6-10-8(9)7-3-4-11-5-7/h7-8,10H,3-6H2,1-2H3. The average molecular weight is 171 g/mol. The summed E-state index contributed by atoms with van der Waals surface area (Å²) in [6, 6.07) is 0.817. The third-order valence-electron chi connectivity index (χ3n) is 3.06. The topological polar surface area (TPSA) is 12.0 Å². The van der Waals surface area contributed by atoms with E-state index < -0.39 is 0 Å². The van der Waals surface area contributed by atoms with Gasteiger partial charge in [0, 0.05) is 12.6 Å². The largest absolute Gasteiger partial charge is 0.313 e. The van der Waals surface area contributed by atoms with Gasteiger partial charge in [0.25, 0.3) is 0 Å². The van der Waals surface area contributed by atoms with Crippen molar-refractivity contribution >= 4 is 11.8 Å². The van der Waals surface area contributed by atoms with Crippen LogP contribution in [-0.2, 0) is 0 Å². The van der Waals surface area contributed by atoms with Gasteiger partial charge in [-0.1, -0.05) is 13.8 Å². The lowest BCUT2D eigenvalue weighted by Gasteiger charge is -2.49. The first-order valence-electron chi connectivity index (χ1n) is 4.51. The number of nitrogens with one attached hydrogen (secondary N) is 1. The quantitative estimate of drug-likeness (QED) is 0.645. The van der Waals surface area contributed by atoms with Crippen LogP contribution in [0, 0.1) is 11.3 Å². The average Bonchev–Trinajstić information content (AvgIpc) is 2.38. The van der Waals surface area contributed by atoms with Crippen LogP contribution < -0.4 is 5.32 Å². The molecule has 2 unspecified atom stereocenters. The summed E-state index contributed by atoms with van der Waals surface area (Å²) in [7, 11) is 0. The van der Waals surface area contributed by atoms with Crippen molar-refractivity contribution in [3.8, 4) is 0 Å². The second-order valence-electron chi connectivity index (χ2n) is 4.47. The van der Waals surface area contributed by atoms with Gasteiger partial charge in [0.05, 0.1) is 0 Å². The summed E-state index contributed by atoms with van der Waals surface area (Å²) in [5.74, 6) is 3.74. The molecule has 2 atom stereocenters. The SMILES string of the molecule is CC1(C)CNC1C1CCSC1. The summed E-state index contributed by atoms with van der Waals surface area (Å²) in [6.07, 6.45) is 1.44. The van der Waals surface area contributed by atoms with Gasteiger partial charge in [0.1, 0.15) is 0 Å². The zero-order valence-electron chi connectivity index (χ0n) is 7.39. The lowest BCUT2D eigenvalue weighted by molar-refractivity contribution is 0.0843. The molecule has 0 aromatic rings. The van der Waals surface area contributed by atoms with Crippen molar-refractivity contribution in [1.82, 2.24) is 5.32 Å². The molecule has 0 spiro atoms. The smallest absolute Gasteiger partial charge is 0.0167 e. The summed E-state index contributed by atoms with van der Waals surface area (Å²) >= 11 is 2.12. The summed E-state index contributed by atoms with van der Waals surface area (Å²) in [5.41, 5.74) is 0.579. The highest BCUT2D eigenvalue weighted by atomic mass is 32.2. The molecule has 2 fully saturated rings. The van der Waals surface area contributed by atoms with Crippen molar-refractivity contribution in [3.05, 3.63) is 0 Å². The van der Waals surface area contributed by atoms with E-state index in [4.69, 9.17) is 0 Å². The molecule has 0 saturated carbocycles. The fourth-order valence-electron chi connectivity index (χ4n) is 2.25. The Morgan fingerprint density at radius 1 is 1.45 bits per heavy atom. The molecule has 64 valence electrons. The Kier molecular flexibility index (Phi) is 1.92. The van der Waals surface area contributed by atoms with Crippen LogP contribution in [0.1, 0.15) is 20.3 Å². The monoisotopic (exact) mass is 171 g/mol. The molecular weight excluding hydrogens is 154 g/mol. The van der Waals surface area contributed by atoms with Gasteiger partial charge >= 0.3 is 0 Å². The number of hydrogen-bond acceptors (Lipinski definition) is 2. The van der Waals surface area contributed by atoms with Crippen molar-refractivity contribution in [3.63, 3.8) is 0 Å². The molecule has 0 bridgehead atoms. The van der Waals surface area contributed by atoms with E-state index in [1.165, 1.54) is 24.5 Å². The molecule has 0 aliphatic carbocycles. The fourth-order valence-corrected chi connectivity index (χ4v) is 3.55. The molecule has 0 amide bonds. The number of hydrogen-bond donors (Lipinski definition) is 1. The van der Waals surface area contributed by atoms with Crippen molar-refractivity contribution in [1.29, 1.82) is 0 Å². The van der Waals surface area contributed by atoms with E-state index in [-0.39, 0.29) is 0 Å². The van der Waals surface area contributed by atoms with Crippen molar-refractivity contribution in [2.45, 2.75) is 26.3 Å². The van der Waals surface area contributed by atoms with Gasteiger partial charge in [-0.2, -0.15) is 11.8 Å². The van der Waals surface area contributed by atoms with Crippen molar-refractivity contribution in [2.75, 3.05) is 18.1 Å². The van der Waals surface area contributed by atoms with Crippen LogP contribution >= 0.6 is 11.8 Å². The first-order chi connectivity index (χ1) is 5.20. The molecule has 2 aliphatic heterocycles. The van der Waals surface area contributed by atoms with Crippen molar-refractivity contribution in [2.24, 2.45) is 11.3 Å². The van der Waals surface area contributed by atoms with E-state index in [9.17, 15) is 0 Å². The molecule has 2 heteroatoms. The van der Waals surface area contributed by atoms with E-state index >= 15 is 0 Å². The summed E-state index contributed by atoms with van der Waals surface area (Å²) in [5, 5.41) is 3.56. The van der Waals surface area contributed by atoms with E-state index in [2.05, 4.69) is 30.9 Å². The molecule has 2 rings (SSSR count). The Morgan fingerprint density at radius 2 is 2.27 bits per heavy atom. The van der Waals surface area contributed by atoms with E-state index in [0.717, 1.165) is 12.0 Å². The molecule has 1 N–H and O–H groups in total. The molecule has 2 saturated heterocycles. The van der Waals surface area contributed by atoms with Gasteiger partial charge < -0.3 is 5.32 Å². The molecule has 0 radical (unpaired) electrons. The predicted octanol–water partition coefficient (Wildman–Crippen LogP) is 1.74. The minimum atomic E-state index is 0.579. The molecule has 1 nitrogen and oxygen atoms in total. The highest BCUT2D eigenvalue weighted by molar-refractivity contribution is 7.99. The lowest BCUT2D eigenvalue weighted by Crippen LogP contribution is -2.62. The van der Waals surface area contributed by atoms with E-state index in [0.29, 0.717) is 5.41 Å². The van der Waals surface area contributed by atoms with Crippen LogP contribution in [0.3, 0.4) is 0 Å². The highest BCUT2D eigenvalue weighted by Gasteiger charge is 2.43. The van der Waals surface area contributed by atoms with Crippen molar-refractivity contribution < 1.29 is 0 Å². The molecule has 11 heavy (non-hydrogen) atoms. The molecule has 2 aliphatic rings. The van der Waals surface area contributed by atoms with Crippen LogP contribution in [0.2, 0.25) is 0 Å². The zero-order valence-corrected chi connectivity index (χ0v) is 8.21. The maximum absolute atomic E-state index is 3.56. The Hall–Kier alpha value is 0.310. The predicted molar refractivity (Wildman–Crippen MR) is 51.0 cm³/mol. The minimum Gasteiger partial charge on any atom is -0.313 e. The van der Waals surface area contributed by atoms with E-state index in [1.54, 1.807) is 0 Å². The van der Waals surface area contributed by atoms with Crippen LogP contribution in [-0.4, -0.2) is 24.1 Å².